The molecule has 1 fully saturated rings. The van der Waals surface area contributed by atoms with Gasteiger partial charge in [0.25, 0.3) is 0 Å². The summed E-state index contributed by atoms with van der Waals surface area (Å²) in [7, 11) is 0. The van der Waals surface area contributed by atoms with Crippen LogP contribution in [0.15, 0.2) is 18.0 Å². The molecule has 0 N–H and O–H groups in total. The quantitative estimate of drug-likeness (QED) is 0.777. The molecule has 4 nitrogen and oxygen atoms in total. The molecule has 2 heterocycles. The highest BCUT2D eigenvalue weighted by molar-refractivity contribution is 7.10. The fourth-order valence-electron chi connectivity index (χ4n) is 1.98. The number of hydrogen-bond acceptors (Lipinski definition) is 4. The van der Waals surface area contributed by atoms with E-state index >= 15 is 0 Å². The fourth-order valence-corrected chi connectivity index (χ4v) is 2.86. The van der Waals surface area contributed by atoms with Crippen LogP contribution in [0.1, 0.15) is 16.0 Å². The maximum absolute atomic E-state index is 11.9. The third-order valence-electron chi connectivity index (χ3n) is 3.30. The highest BCUT2D eigenvalue weighted by atomic mass is 32.1. The number of carbonyl (C=O) groups is 1. The van der Waals surface area contributed by atoms with Crippen molar-refractivity contribution in [1.29, 1.82) is 0 Å². The Balaban J connectivity index is 2.06. The summed E-state index contributed by atoms with van der Waals surface area (Å²) in [6, 6.07) is 0. The topological polar surface area (TPSA) is 38.8 Å². The van der Waals surface area contributed by atoms with Gasteiger partial charge < -0.3 is 14.4 Å². The highest BCUT2D eigenvalue weighted by Gasteiger charge is 2.22. The molecule has 0 saturated carbocycles. The molecule has 1 aromatic heterocycles. The van der Waals surface area contributed by atoms with E-state index in [0.717, 1.165) is 0 Å². The molecule has 5 heteroatoms. The maximum Gasteiger partial charge on any atom is 0.246 e. The van der Waals surface area contributed by atoms with E-state index in [1.807, 2.05) is 0 Å². The van der Waals surface area contributed by atoms with Crippen molar-refractivity contribution < 1.29 is 14.3 Å². The molecule has 1 aliphatic rings. The van der Waals surface area contributed by atoms with Crippen molar-refractivity contribution in [3.05, 3.63) is 34.0 Å². The van der Waals surface area contributed by atoms with E-state index in [1.165, 1.54) is 22.1 Å². The smallest absolute Gasteiger partial charge is 0.246 e. The van der Waals surface area contributed by atoms with Gasteiger partial charge in [0.2, 0.25) is 5.91 Å². The van der Waals surface area contributed by atoms with E-state index in [2.05, 4.69) is 25.8 Å². The standard InChI is InChI=1S/C14H19NO3S/c1-4-13(16)15(8-14-17-5-6-18-14)7-12-9-19-11(3)10(12)2/h4,9,14H,1,5-8H2,2-3H3. The molecule has 1 amide bonds. The van der Waals surface area contributed by atoms with Crippen molar-refractivity contribution in [2.75, 3.05) is 19.8 Å². The summed E-state index contributed by atoms with van der Waals surface area (Å²) in [6.07, 6.45) is 1.02. The van der Waals surface area contributed by atoms with Gasteiger partial charge in [0.05, 0.1) is 19.8 Å². The van der Waals surface area contributed by atoms with E-state index in [-0.39, 0.29) is 12.2 Å². The molecule has 0 unspecified atom stereocenters. The third-order valence-corrected chi connectivity index (χ3v) is 4.36. The minimum Gasteiger partial charge on any atom is -0.348 e. The molecule has 1 saturated heterocycles. The predicted octanol–water partition coefficient (Wildman–Crippen LogP) is 2.25. The van der Waals surface area contributed by atoms with E-state index in [1.54, 1.807) is 16.2 Å². The summed E-state index contributed by atoms with van der Waals surface area (Å²) in [5.74, 6) is -0.0950. The zero-order valence-corrected chi connectivity index (χ0v) is 12.2. The van der Waals surface area contributed by atoms with Crippen molar-refractivity contribution in [2.45, 2.75) is 26.7 Å². The molecule has 1 aliphatic heterocycles. The Kier molecular flexibility index (Phi) is 4.74. The van der Waals surface area contributed by atoms with Crippen LogP contribution in [-0.2, 0) is 20.8 Å². The zero-order valence-electron chi connectivity index (χ0n) is 11.3. The molecule has 104 valence electrons. The van der Waals surface area contributed by atoms with Crippen LogP contribution in [0.5, 0.6) is 0 Å². The summed E-state index contributed by atoms with van der Waals surface area (Å²) in [6.45, 7) is 9.93. The minimum absolute atomic E-state index is 0.0950. The van der Waals surface area contributed by atoms with Crippen molar-refractivity contribution in [1.82, 2.24) is 4.90 Å². The summed E-state index contributed by atoms with van der Waals surface area (Å²) in [5.41, 5.74) is 2.43. The maximum atomic E-state index is 11.9. The van der Waals surface area contributed by atoms with Gasteiger partial charge in [-0.2, -0.15) is 0 Å². The summed E-state index contributed by atoms with van der Waals surface area (Å²) < 4.78 is 10.8. The Labute approximate surface area is 117 Å². The average Bonchev–Trinajstić information content (AvgIpc) is 3.02. The lowest BCUT2D eigenvalue weighted by atomic mass is 10.1. The first-order chi connectivity index (χ1) is 9.11. The first kappa shape index (κ1) is 14.2. The normalized spacial score (nSPS) is 15.7. The first-order valence-electron chi connectivity index (χ1n) is 6.30. The second-order valence-electron chi connectivity index (χ2n) is 4.54. The average molecular weight is 281 g/mol. The lowest BCUT2D eigenvalue weighted by molar-refractivity contribution is -0.133. The number of aryl methyl sites for hydroxylation is 1. The number of thiophene rings is 1. The van der Waals surface area contributed by atoms with Crippen molar-refractivity contribution >= 4 is 17.2 Å². The van der Waals surface area contributed by atoms with Crippen LogP contribution in [0.4, 0.5) is 0 Å². The van der Waals surface area contributed by atoms with Gasteiger partial charge in [0.1, 0.15) is 0 Å². The van der Waals surface area contributed by atoms with Crippen LogP contribution in [0.3, 0.4) is 0 Å². The molecule has 0 spiro atoms. The van der Waals surface area contributed by atoms with Crippen LogP contribution >= 0.6 is 11.3 Å². The van der Waals surface area contributed by atoms with Gasteiger partial charge in [0.15, 0.2) is 6.29 Å². The second-order valence-corrected chi connectivity index (χ2v) is 5.62. The summed E-state index contributed by atoms with van der Waals surface area (Å²) >= 11 is 1.71. The van der Waals surface area contributed by atoms with E-state index < -0.39 is 0 Å². The molecular formula is C14H19NO3S. The second kappa shape index (κ2) is 6.32. The Morgan fingerprint density at radius 2 is 2.21 bits per heavy atom. The van der Waals surface area contributed by atoms with Crippen LogP contribution in [0.2, 0.25) is 0 Å². The molecule has 19 heavy (non-hydrogen) atoms. The lowest BCUT2D eigenvalue weighted by Gasteiger charge is -2.23. The molecule has 0 radical (unpaired) electrons. The van der Waals surface area contributed by atoms with E-state index in [0.29, 0.717) is 26.3 Å². The van der Waals surface area contributed by atoms with Crippen molar-refractivity contribution in [3.63, 3.8) is 0 Å². The largest absolute Gasteiger partial charge is 0.348 e. The van der Waals surface area contributed by atoms with Gasteiger partial charge in [-0.05, 0) is 36.4 Å². The number of ether oxygens (including phenoxy) is 2. The Hall–Kier alpha value is -1.17. The Morgan fingerprint density at radius 1 is 1.53 bits per heavy atom. The lowest BCUT2D eigenvalue weighted by Crippen LogP contribution is -2.36. The molecule has 0 bridgehead atoms. The van der Waals surface area contributed by atoms with Crippen LogP contribution in [0, 0.1) is 13.8 Å². The van der Waals surface area contributed by atoms with E-state index in [9.17, 15) is 4.79 Å². The van der Waals surface area contributed by atoms with Gasteiger partial charge in [-0.25, -0.2) is 0 Å². The van der Waals surface area contributed by atoms with Crippen LogP contribution in [0.25, 0.3) is 0 Å². The van der Waals surface area contributed by atoms with Gasteiger partial charge in [-0.3, -0.25) is 4.79 Å². The minimum atomic E-state index is -0.316. The Morgan fingerprint density at radius 3 is 2.74 bits per heavy atom. The van der Waals surface area contributed by atoms with Gasteiger partial charge >= 0.3 is 0 Å². The van der Waals surface area contributed by atoms with E-state index in [4.69, 9.17) is 9.47 Å². The monoisotopic (exact) mass is 281 g/mol. The van der Waals surface area contributed by atoms with Gasteiger partial charge in [-0.15, -0.1) is 11.3 Å². The number of hydrogen-bond donors (Lipinski definition) is 0. The fraction of sp³-hybridized carbons (Fsp3) is 0.500. The van der Waals surface area contributed by atoms with Crippen LogP contribution < -0.4 is 0 Å². The first-order valence-corrected chi connectivity index (χ1v) is 7.18. The third kappa shape index (κ3) is 3.43. The number of nitrogens with zero attached hydrogens (tertiary/aromatic N) is 1. The Bertz CT molecular complexity index is 463. The highest BCUT2D eigenvalue weighted by Crippen LogP contribution is 2.22. The van der Waals surface area contributed by atoms with Gasteiger partial charge in [0, 0.05) is 11.4 Å². The van der Waals surface area contributed by atoms with Crippen molar-refractivity contribution in [2.24, 2.45) is 0 Å². The number of rotatable bonds is 5. The molecule has 0 aromatic carbocycles. The zero-order chi connectivity index (χ0) is 13.8. The number of carbonyl (C=O) groups excluding carboxylic acids is 1. The SMILES string of the molecule is C=CC(=O)N(Cc1csc(C)c1C)CC1OCCO1. The van der Waals surface area contributed by atoms with Crippen LogP contribution in [-0.4, -0.2) is 36.9 Å². The molecular weight excluding hydrogens is 262 g/mol. The predicted molar refractivity (Wildman–Crippen MR) is 75.1 cm³/mol. The molecule has 1 aromatic rings. The molecule has 0 aliphatic carbocycles. The molecule has 2 rings (SSSR count). The van der Waals surface area contributed by atoms with Gasteiger partial charge in [-0.1, -0.05) is 6.58 Å². The summed E-state index contributed by atoms with van der Waals surface area (Å²) in [5, 5.41) is 2.10. The summed E-state index contributed by atoms with van der Waals surface area (Å²) in [4.78, 5) is 14.9. The van der Waals surface area contributed by atoms with Crippen molar-refractivity contribution in [3.8, 4) is 0 Å². The number of amides is 1. The molecule has 0 atom stereocenters.